The number of carbonyl (C=O) groups is 2. The monoisotopic (exact) mass is 277 g/mol. The topological polar surface area (TPSA) is 75.6 Å². The van der Waals surface area contributed by atoms with Crippen molar-refractivity contribution < 1.29 is 19.4 Å². The Hall–Kier alpha value is -0.750. The zero-order valence-electron chi connectivity index (χ0n) is 11.7. The van der Waals surface area contributed by atoms with Crippen LogP contribution >= 0.6 is 11.8 Å². The van der Waals surface area contributed by atoms with E-state index >= 15 is 0 Å². The highest BCUT2D eigenvalue weighted by Gasteiger charge is 2.44. The summed E-state index contributed by atoms with van der Waals surface area (Å²) < 4.78 is 4.88. The third-order valence-electron chi connectivity index (χ3n) is 3.21. The number of nitrogens with one attached hydrogen (secondary N) is 1. The second-order valence-corrected chi connectivity index (χ2v) is 6.25. The smallest absolute Gasteiger partial charge is 0.311 e. The molecule has 0 aromatic rings. The second-order valence-electron chi connectivity index (χ2n) is 5.15. The summed E-state index contributed by atoms with van der Waals surface area (Å²) in [5.41, 5.74) is -1.84. The maximum Gasteiger partial charge on any atom is 0.311 e. The Balaban J connectivity index is 4.32. The molecule has 0 heterocycles. The first-order valence-electron chi connectivity index (χ1n) is 5.76. The average molecular weight is 277 g/mol. The first kappa shape index (κ1) is 17.2. The van der Waals surface area contributed by atoms with Gasteiger partial charge in [-0.2, -0.15) is 0 Å². The fraction of sp³-hybridized carbons (Fsp3) is 0.833. The van der Waals surface area contributed by atoms with Gasteiger partial charge in [-0.15, -0.1) is 11.8 Å². The van der Waals surface area contributed by atoms with E-state index < -0.39 is 16.9 Å². The Labute approximate surface area is 113 Å². The molecule has 5 nitrogen and oxygen atoms in total. The Morgan fingerprint density at radius 2 is 1.83 bits per heavy atom. The van der Waals surface area contributed by atoms with Gasteiger partial charge in [-0.05, 0) is 27.7 Å². The van der Waals surface area contributed by atoms with Gasteiger partial charge in [-0.3, -0.25) is 9.59 Å². The van der Waals surface area contributed by atoms with E-state index in [-0.39, 0.29) is 5.91 Å². The maximum atomic E-state index is 11.7. The molecule has 0 aromatic carbocycles. The molecule has 0 aliphatic heterocycles. The van der Waals surface area contributed by atoms with Crippen LogP contribution in [0.25, 0.3) is 0 Å². The first-order valence-corrected chi connectivity index (χ1v) is 6.91. The maximum absolute atomic E-state index is 11.7. The van der Waals surface area contributed by atoms with Gasteiger partial charge in [0, 0.05) is 18.4 Å². The van der Waals surface area contributed by atoms with Crippen LogP contribution in [0.2, 0.25) is 0 Å². The van der Waals surface area contributed by atoms with Gasteiger partial charge >= 0.3 is 5.97 Å². The van der Waals surface area contributed by atoms with Gasteiger partial charge in [0.15, 0.2) is 0 Å². The molecule has 0 rings (SSSR count). The molecule has 2 N–H and O–H groups in total. The number of aliphatic carboxylic acids is 1. The minimum Gasteiger partial charge on any atom is -0.481 e. The van der Waals surface area contributed by atoms with Crippen LogP contribution in [0.4, 0.5) is 0 Å². The summed E-state index contributed by atoms with van der Waals surface area (Å²) in [6, 6.07) is 0. The highest BCUT2D eigenvalue weighted by atomic mass is 32.2. The van der Waals surface area contributed by atoms with Crippen LogP contribution in [0, 0.1) is 5.41 Å². The van der Waals surface area contributed by atoms with E-state index in [9.17, 15) is 9.59 Å². The van der Waals surface area contributed by atoms with Gasteiger partial charge in [-0.25, -0.2) is 0 Å². The predicted molar refractivity (Wildman–Crippen MR) is 72.8 cm³/mol. The van der Waals surface area contributed by atoms with Gasteiger partial charge in [0.05, 0.1) is 17.8 Å². The van der Waals surface area contributed by atoms with E-state index in [4.69, 9.17) is 9.84 Å². The van der Waals surface area contributed by atoms with Crippen LogP contribution < -0.4 is 5.32 Å². The quantitative estimate of drug-likeness (QED) is 0.655. The summed E-state index contributed by atoms with van der Waals surface area (Å²) in [5, 5.41) is 11.9. The zero-order valence-corrected chi connectivity index (χ0v) is 12.5. The van der Waals surface area contributed by atoms with Crippen LogP contribution in [0.5, 0.6) is 0 Å². The number of carboxylic acids is 1. The largest absolute Gasteiger partial charge is 0.481 e. The van der Waals surface area contributed by atoms with Gasteiger partial charge < -0.3 is 15.2 Å². The lowest BCUT2D eigenvalue weighted by molar-refractivity contribution is -0.151. The van der Waals surface area contributed by atoms with Crippen LogP contribution in [-0.2, 0) is 14.3 Å². The summed E-state index contributed by atoms with van der Waals surface area (Å²) in [6.07, 6.45) is 0. The Morgan fingerprint density at radius 3 is 2.28 bits per heavy atom. The number of carbonyl (C=O) groups excluding carboxylic acids is 1. The van der Waals surface area contributed by atoms with Crippen molar-refractivity contribution in [2.45, 2.75) is 33.2 Å². The van der Waals surface area contributed by atoms with Crippen molar-refractivity contribution in [3.05, 3.63) is 0 Å². The van der Waals surface area contributed by atoms with E-state index in [2.05, 4.69) is 5.32 Å². The van der Waals surface area contributed by atoms with Crippen LogP contribution in [-0.4, -0.2) is 47.7 Å². The molecule has 0 aliphatic carbocycles. The first-order chi connectivity index (χ1) is 8.15. The molecule has 0 aromatic heterocycles. The number of ether oxygens (including phenoxy) is 1. The number of hydrogen-bond donors (Lipinski definition) is 2. The van der Waals surface area contributed by atoms with Crippen LogP contribution in [0.1, 0.15) is 27.7 Å². The van der Waals surface area contributed by atoms with E-state index in [0.717, 1.165) is 5.75 Å². The second kappa shape index (κ2) is 6.99. The Bertz CT molecular complexity index is 302. The summed E-state index contributed by atoms with van der Waals surface area (Å²) in [6.45, 7) is 7.25. The molecule has 6 heteroatoms. The summed E-state index contributed by atoms with van der Waals surface area (Å²) in [5.74, 6) is -0.0370. The molecule has 0 aliphatic rings. The minimum atomic E-state index is -1.03. The molecule has 0 fully saturated rings. The predicted octanol–water partition coefficient (Wildman–Crippen LogP) is 1.37. The highest BCUT2D eigenvalue weighted by Crippen LogP contribution is 2.30. The number of thioether (sulfide) groups is 1. The summed E-state index contributed by atoms with van der Waals surface area (Å²) in [4.78, 5) is 22.9. The van der Waals surface area contributed by atoms with E-state index in [0.29, 0.717) is 12.4 Å². The molecule has 106 valence electrons. The summed E-state index contributed by atoms with van der Waals surface area (Å²) >= 11 is 1.46. The van der Waals surface area contributed by atoms with E-state index in [1.54, 1.807) is 34.8 Å². The molecule has 0 saturated heterocycles. The van der Waals surface area contributed by atoms with Crippen molar-refractivity contribution in [3.63, 3.8) is 0 Å². The lowest BCUT2D eigenvalue weighted by atomic mass is 9.74. The molecule has 0 bridgehead atoms. The fourth-order valence-corrected chi connectivity index (χ4v) is 1.80. The van der Waals surface area contributed by atoms with Crippen molar-refractivity contribution in [2.24, 2.45) is 5.41 Å². The molecule has 0 saturated carbocycles. The van der Waals surface area contributed by atoms with Crippen LogP contribution in [0.3, 0.4) is 0 Å². The number of carboxylic acid groups (broad SMARTS) is 1. The third-order valence-corrected chi connectivity index (χ3v) is 4.14. The number of methoxy groups -OCH3 is 1. The Kier molecular flexibility index (Phi) is 6.70. The van der Waals surface area contributed by atoms with Gasteiger partial charge in [0.25, 0.3) is 0 Å². The average Bonchev–Trinajstić information content (AvgIpc) is 2.23. The lowest BCUT2D eigenvalue weighted by Crippen LogP contribution is -2.57. The van der Waals surface area contributed by atoms with Gasteiger partial charge in [0.1, 0.15) is 0 Å². The van der Waals surface area contributed by atoms with Gasteiger partial charge in [0.2, 0.25) is 5.91 Å². The summed E-state index contributed by atoms with van der Waals surface area (Å²) in [7, 11) is 1.61. The zero-order chi connectivity index (χ0) is 14.4. The third kappa shape index (κ3) is 4.86. The highest BCUT2D eigenvalue weighted by molar-refractivity contribution is 7.99. The molecule has 0 spiro atoms. The van der Waals surface area contributed by atoms with Crippen molar-refractivity contribution >= 4 is 23.6 Å². The van der Waals surface area contributed by atoms with Crippen molar-refractivity contribution in [1.82, 2.24) is 5.32 Å². The minimum absolute atomic E-state index is 0.157. The van der Waals surface area contributed by atoms with Crippen LogP contribution in [0.15, 0.2) is 0 Å². The molecule has 0 atom stereocenters. The molecule has 18 heavy (non-hydrogen) atoms. The molecule has 1 amide bonds. The van der Waals surface area contributed by atoms with E-state index in [1.807, 2.05) is 0 Å². The fourth-order valence-electron chi connectivity index (χ4n) is 1.12. The van der Waals surface area contributed by atoms with E-state index in [1.165, 1.54) is 11.8 Å². The standard InChI is InChI=1S/C12H23NO4S/c1-11(2,10(15)16)12(3,4)13-9(14)8-18-7-6-17-5/h6-8H2,1-5H3,(H,13,14)(H,15,16). The molecule has 0 radical (unpaired) electrons. The Morgan fingerprint density at radius 1 is 1.28 bits per heavy atom. The molecule has 0 unspecified atom stereocenters. The van der Waals surface area contributed by atoms with Crippen molar-refractivity contribution in [3.8, 4) is 0 Å². The molecular weight excluding hydrogens is 254 g/mol. The van der Waals surface area contributed by atoms with Crippen molar-refractivity contribution in [2.75, 3.05) is 25.2 Å². The number of rotatable bonds is 8. The molecular formula is C12H23NO4S. The lowest BCUT2D eigenvalue weighted by Gasteiger charge is -2.38. The number of hydrogen-bond acceptors (Lipinski definition) is 4. The van der Waals surface area contributed by atoms with Gasteiger partial charge in [-0.1, -0.05) is 0 Å². The SMILES string of the molecule is COCCSCC(=O)NC(C)(C)C(C)(C)C(=O)O. The van der Waals surface area contributed by atoms with Crippen molar-refractivity contribution in [1.29, 1.82) is 0 Å². The number of amides is 1. The normalized spacial score (nSPS) is 12.3.